The molecule has 0 unspecified atom stereocenters. The van der Waals surface area contributed by atoms with Gasteiger partial charge in [0.1, 0.15) is 11.0 Å². The van der Waals surface area contributed by atoms with E-state index in [-0.39, 0.29) is 0 Å². The number of alkyl halides is 3. The molecule has 5 aromatic rings. The predicted octanol–water partition coefficient (Wildman–Crippen LogP) is 5.19. The van der Waals surface area contributed by atoms with Crippen molar-refractivity contribution in [2.24, 2.45) is 0 Å². The van der Waals surface area contributed by atoms with Crippen LogP contribution in [0.15, 0.2) is 71.9 Å². The van der Waals surface area contributed by atoms with E-state index in [4.69, 9.17) is 0 Å². The SMILES string of the molecule is FC(F)(F)c1cccc(CN(Cc2cccn2-c2nncs2)Cc2cccn2-c2nncs2)c1. The highest BCUT2D eigenvalue weighted by atomic mass is 32.1. The fourth-order valence-electron chi connectivity index (χ4n) is 3.74. The molecule has 5 rings (SSSR count). The maximum absolute atomic E-state index is 13.3. The number of benzene rings is 1. The minimum absolute atomic E-state index is 0.326. The summed E-state index contributed by atoms with van der Waals surface area (Å²) in [5.74, 6) is 0. The molecule has 12 heteroatoms. The molecular weight excluding hydrogens is 483 g/mol. The van der Waals surface area contributed by atoms with Crippen molar-refractivity contribution in [1.29, 1.82) is 0 Å². The van der Waals surface area contributed by atoms with E-state index in [2.05, 4.69) is 25.3 Å². The first-order chi connectivity index (χ1) is 16.5. The van der Waals surface area contributed by atoms with Gasteiger partial charge in [-0.3, -0.25) is 14.0 Å². The topological polar surface area (TPSA) is 64.7 Å². The molecule has 4 aromatic heterocycles. The van der Waals surface area contributed by atoms with Gasteiger partial charge in [-0.05, 0) is 35.9 Å². The number of halogens is 3. The molecule has 0 atom stereocenters. The lowest BCUT2D eigenvalue weighted by atomic mass is 10.1. The summed E-state index contributed by atoms with van der Waals surface area (Å²) in [6.07, 6.45) is -0.579. The summed E-state index contributed by atoms with van der Waals surface area (Å²) in [6.45, 7) is 1.31. The van der Waals surface area contributed by atoms with Crippen LogP contribution in [0.4, 0.5) is 13.2 Å². The standard InChI is InChI=1S/C22H18F3N7S2/c23-22(24,25)17-5-1-4-16(10-17)11-30(12-18-6-2-8-31(18)20-28-26-14-33-20)13-19-7-3-9-32(19)21-29-27-15-34-21/h1-10,14-15H,11-13H2. The van der Waals surface area contributed by atoms with Gasteiger partial charge in [0, 0.05) is 43.4 Å². The molecule has 1 aromatic carbocycles. The highest BCUT2D eigenvalue weighted by molar-refractivity contribution is 7.12. The van der Waals surface area contributed by atoms with Crippen LogP contribution in [0.5, 0.6) is 0 Å². The number of rotatable bonds is 8. The van der Waals surface area contributed by atoms with Crippen LogP contribution in [0.25, 0.3) is 10.3 Å². The molecule has 7 nitrogen and oxygen atoms in total. The zero-order valence-electron chi connectivity index (χ0n) is 17.6. The van der Waals surface area contributed by atoms with Crippen LogP contribution in [-0.2, 0) is 25.8 Å². The minimum atomic E-state index is -4.39. The van der Waals surface area contributed by atoms with Gasteiger partial charge in [-0.25, -0.2) is 0 Å². The Morgan fingerprint density at radius 2 is 1.35 bits per heavy atom. The van der Waals surface area contributed by atoms with Crippen molar-refractivity contribution in [2.45, 2.75) is 25.8 Å². The summed E-state index contributed by atoms with van der Waals surface area (Å²) >= 11 is 2.83. The Labute approximate surface area is 200 Å². The van der Waals surface area contributed by atoms with Crippen molar-refractivity contribution in [3.05, 3.63) is 94.5 Å². The molecule has 174 valence electrons. The third kappa shape index (κ3) is 4.93. The average molecular weight is 502 g/mol. The number of nitrogens with zero attached hydrogens (tertiary/aromatic N) is 7. The molecule has 34 heavy (non-hydrogen) atoms. The lowest BCUT2D eigenvalue weighted by Gasteiger charge is -2.24. The molecule has 0 amide bonds. The molecular formula is C22H18F3N7S2. The van der Waals surface area contributed by atoms with Crippen LogP contribution < -0.4 is 0 Å². The second-order valence-electron chi connectivity index (χ2n) is 7.52. The summed E-state index contributed by atoms with van der Waals surface area (Å²) < 4.78 is 43.8. The Hall–Kier alpha value is -3.35. The van der Waals surface area contributed by atoms with E-state index in [1.54, 1.807) is 17.1 Å². The summed E-state index contributed by atoms with van der Waals surface area (Å²) in [7, 11) is 0. The minimum Gasteiger partial charge on any atom is -0.294 e. The Balaban J connectivity index is 1.46. The molecule has 0 bridgehead atoms. The first-order valence-electron chi connectivity index (χ1n) is 10.2. The number of hydrogen-bond donors (Lipinski definition) is 0. The van der Waals surface area contributed by atoms with Gasteiger partial charge in [0.2, 0.25) is 10.3 Å². The maximum atomic E-state index is 13.3. The van der Waals surface area contributed by atoms with E-state index in [9.17, 15) is 13.2 Å². The van der Waals surface area contributed by atoms with Gasteiger partial charge >= 0.3 is 6.18 Å². The fourth-order valence-corrected chi connectivity index (χ4v) is 4.89. The molecule has 0 aliphatic heterocycles. The third-order valence-electron chi connectivity index (χ3n) is 5.21. The van der Waals surface area contributed by atoms with Gasteiger partial charge in [0.05, 0.1) is 5.56 Å². The number of hydrogen-bond acceptors (Lipinski definition) is 7. The summed E-state index contributed by atoms with van der Waals surface area (Å²) in [5, 5.41) is 17.6. The second kappa shape index (κ2) is 9.49. The Morgan fingerprint density at radius 3 is 1.85 bits per heavy atom. The van der Waals surface area contributed by atoms with Gasteiger partial charge in [0.15, 0.2) is 0 Å². The third-order valence-corrected chi connectivity index (χ3v) is 6.59. The van der Waals surface area contributed by atoms with Crippen molar-refractivity contribution in [2.75, 3.05) is 0 Å². The van der Waals surface area contributed by atoms with Gasteiger partial charge in [0.25, 0.3) is 0 Å². The van der Waals surface area contributed by atoms with Crippen molar-refractivity contribution < 1.29 is 13.2 Å². The maximum Gasteiger partial charge on any atom is 0.416 e. The molecule has 0 aliphatic rings. The summed E-state index contributed by atoms with van der Waals surface area (Å²) in [4.78, 5) is 2.09. The molecule has 0 fully saturated rings. The summed E-state index contributed by atoms with van der Waals surface area (Å²) in [5.41, 5.74) is 5.16. The molecule has 0 saturated carbocycles. The number of aromatic nitrogens is 6. The Morgan fingerprint density at radius 1 is 0.765 bits per heavy atom. The van der Waals surface area contributed by atoms with Crippen LogP contribution in [0.1, 0.15) is 22.5 Å². The smallest absolute Gasteiger partial charge is 0.294 e. The van der Waals surface area contributed by atoms with E-state index in [1.807, 2.05) is 45.8 Å². The van der Waals surface area contributed by atoms with Crippen LogP contribution in [-0.4, -0.2) is 34.4 Å². The van der Waals surface area contributed by atoms with Crippen molar-refractivity contribution >= 4 is 22.7 Å². The average Bonchev–Trinajstić information content (AvgIpc) is 3.60. The highest BCUT2D eigenvalue weighted by Crippen LogP contribution is 2.30. The van der Waals surface area contributed by atoms with Gasteiger partial charge in [-0.1, -0.05) is 40.9 Å². The van der Waals surface area contributed by atoms with Crippen LogP contribution >= 0.6 is 22.7 Å². The molecule has 0 aliphatic carbocycles. The quantitative estimate of drug-likeness (QED) is 0.293. The van der Waals surface area contributed by atoms with Crippen LogP contribution in [0.2, 0.25) is 0 Å². The van der Waals surface area contributed by atoms with Crippen molar-refractivity contribution in [3.8, 4) is 10.3 Å². The van der Waals surface area contributed by atoms with Gasteiger partial charge < -0.3 is 0 Å². The van der Waals surface area contributed by atoms with E-state index >= 15 is 0 Å². The molecule has 0 N–H and O–H groups in total. The lowest BCUT2D eigenvalue weighted by molar-refractivity contribution is -0.137. The van der Waals surface area contributed by atoms with E-state index in [0.29, 0.717) is 25.2 Å². The Bertz CT molecular complexity index is 1270. The summed E-state index contributed by atoms with van der Waals surface area (Å²) in [6, 6.07) is 13.3. The lowest BCUT2D eigenvalue weighted by Crippen LogP contribution is -2.25. The highest BCUT2D eigenvalue weighted by Gasteiger charge is 2.30. The molecule has 0 radical (unpaired) electrons. The first kappa shape index (κ1) is 22.4. The van der Waals surface area contributed by atoms with Gasteiger partial charge in [-0.15, -0.1) is 20.4 Å². The van der Waals surface area contributed by atoms with Crippen LogP contribution in [0.3, 0.4) is 0 Å². The fraction of sp³-hybridized carbons (Fsp3) is 0.182. The molecule has 0 saturated heterocycles. The predicted molar refractivity (Wildman–Crippen MR) is 123 cm³/mol. The van der Waals surface area contributed by atoms with E-state index in [1.165, 1.54) is 34.8 Å². The monoisotopic (exact) mass is 501 g/mol. The van der Waals surface area contributed by atoms with Crippen molar-refractivity contribution in [1.82, 2.24) is 34.4 Å². The first-order valence-corrected chi connectivity index (χ1v) is 12.0. The molecule has 4 heterocycles. The van der Waals surface area contributed by atoms with E-state index < -0.39 is 11.7 Å². The normalized spacial score (nSPS) is 12.0. The molecule has 0 spiro atoms. The van der Waals surface area contributed by atoms with Crippen LogP contribution in [0, 0.1) is 0 Å². The zero-order valence-corrected chi connectivity index (χ0v) is 19.3. The largest absolute Gasteiger partial charge is 0.416 e. The Kier molecular flexibility index (Phi) is 6.26. The zero-order chi connectivity index (χ0) is 23.5. The van der Waals surface area contributed by atoms with E-state index in [0.717, 1.165) is 27.7 Å². The van der Waals surface area contributed by atoms with Gasteiger partial charge in [-0.2, -0.15) is 13.2 Å². The van der Waals surface area contributed by atoms with Crippen molar-refractivity contribution in [3.63, 3.8) is 0 Å². The second-order valence-corrected chi connectivity index (χ2v) is 9.15.